The fraction of sp³-hybridized carbons (Fsp3) is 0.333. The molecule has 5 nitrogen and oxygen atoms in total. The summed E-state index contributed by atoms with van der Waals surface area (Å²) in [5.74, 6) is 0. The van der Waals surface area contributed by atoms with Crippen LogP contribution in [-0.4, -0.2) is 19.9 Å². The van der Waals surface area contributed by atoms with Crippen LogP contribution in [0.1, 0.15) is 35.8 Å². The van der Waals surface area contributed by atoms with Crippen molar-refractivity contribution in [1.29, 1.82) is 0 Å². The number of benzene rings is 1. The lowest BCUT2D eigenvalue weighted by Crippen LogP contribution is -2.15. The molecule has 0 spiro atoms. The number of aromatic nitrogens is 3. The first-order chi connectivity index (χ1) is 11.2. The SMILES string of the molecule is Cn1ncc2c(NCc3ccccc3)c3c(nc21)CCCC3O. The Balaban J connectivity index is 1.81. The van der Waals surface area contributed by atoms with Crippen LogP contribution in [0.4, 0.5) is 5.69 Å². The third kappa shape index (κ3) is 2.47. The highest BCUT2D eigenvalue weighted by molar-refractivity contribution is 5.91. The minimum atomic E-state index is -0.450. The van der Waals surface area contributed by atoms with Gasteiger partial charge in [0.1, 0.15) is 0 Å². The Morgan fingerprint density at radius 2 is 2.13 bits per heavy atom. The summed E-state index contributed by atoms with van der Waals surface area (Å²) in [4.78, 5) is 4.74. The molecule has 5 heteroatoms. The van der Waals surface area contributed by atoms with E-state index in [1.54, 1.807) is 4.68 Å². The predicted octanol–water partition coefficient (Wildman–Crippen LogP) is 2.95. The Morgan fingerprint density at radius 1 is 1.30 bits per heavy atom. The van der Waals surface area contributed by atoms with Gasteiger partial charge in [-0.05, 0) is 24.8 Å². The number of hydrogen-bond acceptors (Lipinski definition) is 4. The summed E-state index contributed by atoms with van der Waals surface area (Å²) >= 11 is 0. The second-order valence-electron chi connectivity index (χ2n) is 6.10. The number of anilines is 1. The van der Waals surface area contributed by atoms with Crippen LogP contribution in [0.5, 0.6) is 0 Å². The number of pyridine rings is 1. The van der Waals surface area contributed by atoms with Crippen LogP contribution >= 0.6 is 0 Å². The van der Waals surface area contributed by atoms with E-state index >= 15 is 0 Å². The Kier molecular flexibility index (Phi) is 3.50. The van der Waals surface area contributed by atoms with Gasteiger partial charge >= 0.3 is 0 Å². The first-order valence-corrected chi connectivity index (χ1v) is 8.04. The molecule has 118 valence electrons. The number of aliphatic hydroxyl groups excluding tert-OH is 1. The highest BCUT2D eigenvalue weighted by atomic mass is 16.3. The first kappa shape index (κ1) is 14.2. The number of nitrogens with one attached hydrogen (secondary N) is 1. The van der Waals surface area contributed by atoms with E-state index < -0.39 is 6.10 Å². The molecule has 2 heterocycles. The van der Waals surface area contributed by atoms with E-state index in [0.717, 1.165) is 47.2 Å². The topological polar surface area (TPSA) is 63.0 Å². The van der Waals surface area contributed by atoms with Crippen molar-refractivity contribution >= 4 is 16.7 Å². The monoisotopic (exact) mass is 308 g/mol. The maximum absolute atomic E-state index is 10.5. The van der Waals surface area contributed by atoms with E-state index in [1.165, 1.54) is 5.56 Å². The Bertz CT molecular complexity index is 841. The van der Waals surface area contributed by atoms with Gasteiger partial charge in [0.25, 0.3) is 0 Å². The average molecular weight is 308 g/mol. The minimum absolute atomic E-state index is 0.450. The molecule has 3 aromatic rings. The van der Waals surface area contributed by atoms with Crippen LogP contribution in [0.15, 0.2) is 36.5 Å². The van der Waals surface area contributed by atoms with Crippen molar-refractivity contribution in [3.63, 3.8) is 0 Å². The number of aliphatic hydroxyl groups is 1. The zero-order valence-corrected chi connectivity index (χ0v) is 13.2. The zero-order chi connectivity index (χ0) is 15.8. The lowest BCUT2D eigenvalue weighted by molar-refractivity contribution is 0.156. The second-order valence-corrected chi connectivity index (χ2v) is 6.10. The molecule has 1 aliphatic carbocycles. The van der Waals surface area contributed by atoms with Gasteiger partial charge in [-0.3, -0.25) is 4.68 Å². The molecule has 1 aliphatic rings. The highest BCUT2D eigenvalue weighted by Gasteiger charge is 2.26. The lowest BCUT2D eigenvalue weighted by Gasteiger charge is -2.24. The fourth-order valence-electron chi connectivity index (χ4n) is 3.35. The molecule has 0 bridgehead atoms. The van der Waals surface area contributed by atoms with E-state index in [1.807, 2.05) is 31.4 Å². The van der Waals surface area contributed by atoms with Crippen LogP contribution in [0, 0.1) is 0 Å². The third-order valence-electron chi connectivity index (χ3n) is 4.53. The van der Waals surface area contributed by atoms with E-state index in [2.05, 4.69) is 22.5 Å². The summed E-state index contributed by atoms with van der Waals surface area (Å²) < 4.78 is 1.80. The fourth-order valence-corrected chi connectivity index (χ4v) is 3.35. The largest absolute Gasteiger partial charge is 0.388 e. The van der Waals surface area contributed by atoms with Gasteiger partial charge in [-0.15, -0.1) is 0 Å². The van der Waals surface area contributed by atoms with Gasteiger partial charge in [0.05, 0.1) is 29.1 Å². The van der Waals surface area contributed by atoms with Gasteiger partial charge < -0.3 is 10.4 Å². The van der Waals surface area contributed by atoms with Gasteiger partial charge in [-0.2, -0.15) is 5.10 Å². The second kappa shape index (κ2) is 5.66. The van der Waals surface area contributed by atoms with Crippen molar-refractivity contribution < 1.29 is 5.11 Å². The minimum Gasteiger partial charge on any atom is -0.388 e. The third-order valence-corrected chi connectivity index (χ3v) is 4.53. The standard InChI is InChI=1S/C18H20N4O/c1-22-18-13(11-20-22)17(19-10-12-6-3-2-4-7-12)16-14(21-18)8-5-9-15(16)23/h2-4,6-7,11,15,23H,5,8-10H2,1H3,(H,19,21). The molecule has 0 saturated carbocycles. The first-order valence-electron chi connectivity index (χ1n) is 8.04. The molecular weight excluding hydrogens is 288 g/mol. The van der Waals surface area contributed by atoms with Crippen molar-refractivity contribution in [3.8, 4) is 0 Å². The summed E-state index contributed by atoms with van der Waals surface area (Å²) in [6.07, 6.45) is 4.06. The molecule has 1 unspecified atom stereocenters. The summed E-state index contributed by atoms with van der Waals surface area (Å²) in [5, 5.41) is 19.3. The Hall–Kier alpha value is -2.40. The van der Waals surface area contributed by atoms with Gasteiger partial charge in [0, 0.05) is 19.2 Å². The molecule has 2 N–H and O–H groups in total. The smallest absolute Gasteiger partial charge is 0.159 e. The molecular formula is C18H20N4O. The van der Waals surface area contributed by atoms with Crippen LogP contribution < -0.4 is 5.32 Å². The summed E-state index contributed by atoms with van der Waals surface area (Å²) in [6, 6.07) is 10.3. The van der Waals surface area contributed by atoms with E-state index in [4.69, 9.17) is 4.98 Å². The lowest BCUT2D eigenvalue weighted by atomic mass is 9.91. The highest BCUT2D eigenvalue weighted by Crippen LogP contribution is 2.38. The maximum Gasteiger partial charge on any atom is 0.159 e. The van der Waals surface area contributed by atoms with Crippen molar-refractivity contribution in [2.75, 3.05) is 5.32 Å². The molecule has 0 amide bonds. The molecule has 23 heavy (non-hydrogen) atoms. The van der Waals surface area contributed by atoms with Gasteiger partial charge in [-0.1, -0.05) is 30.3 Å². The predicted molar refractivity (Wildman–Crippen MR) is 90.2 cm³/mol. The molecule has 0 aliphatic heterocycles. The zero-order valence-electron chi connectivity index (χ0n) is 13.2. The van der Waals surface area contributed by atoms with Crippen molar-refractivity contribution in [3.05, 3.63) is 53.3 Å². The average Bonchev–Trinajstić information content (AvgIpc) is 2.94. The van der Waals surface area contributed by atoms with Crippen LogP contribution in [0.2, 0.25) is 0 Å². The number of aryl methyl sites for hydroxylation is 2. The van der Waals surface area contributed by atoms with Crippen molar-refractivity contribution in [2.24, 2.45) is 7.05 Å². The Morgan fingerprint density at radius 3 is 2.96 bits per heavy atom. The van der Waals surface area contributed by atoms with E-state index in [9.17, 15) is 5.11 Å². The molecule has 0 fully saturated rings. The quantitative estimate of drug-likeness (QED) is 0.781. The number of hydrogen-bond donors (Lipinski definition) is 2. The van der Waals surface area contributed by atoms with Crippen LogP contribution in [0.25, 0.3) is 11.0 Å². The van der Waals surface area contributed by atoms with Gasteiger partial charge in [0.15, 0.2) is 5.65 Å². The number of fused-ring (bicyclic) bond motifs is 2. The molecule has 0 radical (unpaired) electrons. The number of rotatable bonds is 3. The molecule has 0 saturated heterocycles. The van der Waals surface area contributed by atoms with Gasteiger partial charge in [-0.25, -0.2) is 4.98 Å². The number of nitrogens with zero attached hydrogens (tertiary/aromatic N) is 3. The van der Waals surface area contributed by atoms with Crippen molar-refractivity contribution in [1.82, 2.24) is 14.8 Å². The molecule has 1 atom stereocenters. The van der Waals surface area contributed by atoms with E-state index in [-0.39, 0.29) is 0 Å². The van der Waals surface area contributed by atoms with E-state index in [0.29, 0.717) is 6.54 Å². The summed E-state index contributed by atoms with van der Waals surface area (Å²) in [5.41, 5.74) is 5.01. The summed E-state index contributed by atoms with van der Waals surface area (Å²) in [6.45, 7) is 0.716. The van der Waals surface area contributed by atoms with Gasteiger partial charge in [0.2, 0.25) is 0 Å². The van der Waals surface area contributed by atoms with Crippen molar-refractivity contribution in [2.45, 2.75) is 31.9 Å². The molecule has 1 aromatic carbocycles. The normalized spacial score (nSPS) is 17.2. The maximum atomic E-state index is 10.5. The van der Waals surface area contributed by atoms with Crippen LogP contribution in [0.3, 0.4) is 0 Å². The molecule has 4 rings (SSSR count). The van der Waals surface area contributed by atoms with Crippen LogP contribution in [-0.2, 0) is 20.0 Å². The molecule has 2 aromatic heterocycles. The summed E-state index contributed by atoms with van der Waals surface area (Å²) in [7, 11) is 1.90. The Labute approximate surface area is 135 Å².